The summed E-state index contributed by atoms with van der Waals surface area (Å²) in [4.78, 5) is 19.0. The van der Waals surface area contributed by atoms with Gasteiger partial charge in [-0.1, -0.05) is 0 Å². The van der Waals surface area contributed by atoms with E-state index in [1.54, 1.807) is 13.3 Å². The topological polar surface area (TPSA) is 74.7 Å². The second-order valence-corrected chi connectivity index (χ2v) is 10.6. The Bertz CT molecular complexity index is 1230. The highest BCUT2D eigenvalue weighted by Gasteiger charge is 2.34. The molecule has 2 N–H and O–H groups in total. The third-order valence-electron chi connectivity index (χ3n) is 7.25. The molecule has 37 heavy (non-hydrogen) atoms. The van der Waals surface area contributed by atoms with Gasteiger partial charge in [-0.15, -0.1) is 11.8 Å². The molecular formula is C28H33F2N3O3S. The monoisotopic (exact) mass is 529 g/mol. The van der Waals surface area contributed by atoms with Crippen LogP contribution in [0.3, 0.4) is 0 Å². The van der Waals surface area contributed by atoms with Crippen LogP contribution < -0.4 is 10.1 Å². The molecule has 9 heteroatoms. The fourth-order valence-electron chi connectivity index (χ4n) is 5.18. The maximum Gasteiger partial charge on any atom is 0.308 e. The number of nitrogens with zero attached hydrogens (tertiary/aromatic N) is 2. The molecule has 1 aromatic heterocycles. The van der Waals surface area contributed by atoms with Crippen LogP contribution in [0.25, 0.3) is 10.9 Å². The van der Waals surface area contributed by atoms with Crippen molar-refractivity contribution >= 4 is 28.6 Å². The maximum atomic E-state index is 13.9. The lowest BCUT2D eigenvalue weighted by Crippen LogP contribution is -2.44. The molecular weight excluding hydrogens is 496 g/mol. The first kappa shape index (κ1) is 27.3. The number of methoxy groups -OCH3 is 1. The molecule has 0 spiro atoms. The van der Waals surface area contributed by atoms with Crippen molar-refractivity contribution in [2.45, 2.75) is 30.2 Å². The fraction of sp³-hybridized carbons (Fsp3) is 0.429. The molecule has 0 radical (unpaired) electrons. The van der Waals surface area contributed by atoms with Crippen molar-refractivity contribution in [2.24, 2.45) is 11.8 Å². The van der Waals surface area contributed by atoms with Crippen LogP contribution in [-0.2, 0) is 4.79 Å². The minimum atomic E-state index is -0.779. The van der Waals surface area contributed by atoms with Crippen LogP contribution in [0, 0.1) is 23.5 Å². The Morgan fingerprint density at radius 3 is 2.86 bits per heavy atom. The summed E-state index contributed by atoms with van der Waals surface area (Å²) in [6.07, 6.45) is 4.18. The largest absolute Gasteiger partial charge is 0.497 e. The number of hydrogen-bond acceptors (Lipinski definition) is 6. The van der Waals surface area contributed by atoms with Crippen LogP contribution in [0.2, 0.25) is 0 Å². The lowest BCUT2D eigenvalue weighted by Gasteiger charge is -2.37. The highest BCUT2D eigenvalue weighted by molar-refractivity contribution is 7.99. The van der Waals surface area contributed by atoms with Gasteiger partial charge in [0.15, 0.2) is 0 Å². The van der Waals surface area contributed by atoms with E-state index < -0.39 is 23.5 Å². The summed E-state index contributed by atoms with van der Waals surface area (Å²) >= 11 is 1.26. The van der Waals surface area contributed by atoms with E-state index in [1.807, 2.05) is 31.3 Å². The van der Waals surface area contributed by atoms with E-state index in [1.165, 1.54) is 17.8 Å². The molecule has 4 rings (SSSR count). The molecule has 3 atom stereocenters. The summed E-state index contributed by atoms with van der Waals surface area (Å²) in [5.41, 5.74) is 2.02. The maximum absolute atomic E-state index is 13.9. The zero-order valence-corrected chi connectivity index (χ0v) is 21.9. The number of carboxylic acids is 1. The van der Waals surface area contributed by atoms with Gasteiger partial charge in [-0.25, -0.2) is 8.78 Å². The van der Waals surface area contributed by atoms with Crippen LogP contribution in [-0.4, -0.2) is 60.5 Å². The Morgan fingerprint density at radius 2 is 2.11 bits per heavy atom. The van der Waals surface area contributed by atoms with E-state index in [4.69, 9.17) is 4.74 Å². The molecule has 1 saturated heterocycles. The number of rotatable bonds is 11. The predicted octanol–water partition coefficient (Wildman–Crippen LogP) is 5.38. The average Bonchev–Trinajstić information content (AvgIpc) is 2.91. The third kappa shape index (κ3) is 6.77. The number of likely N-dealkylation sites (tertiary alicyclic amines) is 1. The van der Waals surface area contributed by atoms with E-state index in [0.717, 1.165) is 60.2 Å². The van der Waals surface area contributed by atoms with Crippen molar-refractivity contribution in [1.82, 2.24) is 15.2 Å². The van der Waals surface area contributed by atoms with Gasteiger partial charge in [-0.3, -0.25) is 9.78 Å². The van der Waals surface area contributed by atoms with Crippen molar-refractivity contribution in [2.75, 3.05) is 39.5 Å². The number of aromatic nitrogens is 1. The zero-order chi connectivity index (χ0) is 26.4. The smallest absolute Gasteiger partial charge is 0.308 e. The SMILES string of the molecule is CN[C@H](CC[C@@H]1CCN(CCSc2cc(F)ccc2F)C[C@@H]1C(=O)O)c1ccnc2ccc(OC)cc12. The second-order valence-electron chi connectivity index (χ2n) is 9.42. The molecule has 1 fully saturated rings. The van der Waals surface area contributed by atoms with Crippen molar-refractivity contribution in [3.05, 3.63) is 65.9 Å². The molecule has 0 saturated carbocycles. The number of pyridine rings is 1. The Hall–Kier alpha value is -2.75. The Balaban J connectivity index is 1.36. The molecule has 2 heterocycles. The quantitative estimate of drug-likeness (QED) is 0.323. The van der Waals surface area contributed by atoms with Crippen molar-refractivity contribution in [1.29, 1.82) is 0 Å². The van der Waals surface area contributed by atoms with E-state index in [-0.39, 0.29) is 16.9 Å². The van der Waals surface area contributed by atoms with Crippen LogP contribution in [0.4, 0.5) is 8.78 Å². The van der Waals surface area contributed by atoms with Gasteiger partial charge >= 0.3 is 5.97 Å². The van der Waals surface area contributed by atoms with Crippen molar-refractivity contribution in [3.63, 3.8) is 0 Å². The van der Waals surface area contributed by atoms with Gasteiger partial charge in [0.05, 0.1) is 18.5 Å². The number of benzene rings is 2. The number of nitrogens with one attached hydrogen (secondary N) is 1. The summed E-state index contributed by atoms with van der Waals surface area (Å²) in [6, 6.07) is 11.3. The molecule has 6 nitrogen and oxygen atoms in total. The summed E-state index contributed by atoms with van der Waals surface area (Å²) in [5, 5.41) is 14.4. The zero-order valence-electron chi connectivity index (χ0n) is 21.1. The van der Waals surface area contributed by atoms with Gasteiger partial charge in [-0.05, 0) is 86.8 Å². The van der Waals surface area contributed by atoms with E-state index in [9.17, 15) is 18.7 Å². The summed E-state index contributed by atoms with van der Waals surface area (Å²) in [6.45, 7) is 1.88. The average molecular weight is 530 g/mol. The lowest BCUT2D eigenvalue weighted by atomic mass is 9.81. The molecule has 1 aliphatic heterocycles. The molecule has 0 bridgehead atoms. The molecule has 0 aliphatic carbocycles. The Morgan fingerprint density at radius 1 is 1.27 bits per heavy atom. The van der Waals surface area contributed by atoms with Gasteiger partial charge in [0.1, 0.15) is 17.4 Å². The van der Waals surface area contributed by atoms with Crippen LogP contribution in [0.15, 0.2) is 53.6 Å². The second kappa shape index (κ2) is 12.7. The first-order valence-electron chi connectivity index (χ1n) is 12.5. The molecule has 0 amide bonds. The molecule has 2 aromatic carbocycles. The number of thioether (sulfide) groups is 1. The molecule has 3 aromatic rings. The number of ether oxygens (including phenoxy) is 1. The van der Waals surface area contributed by atoms with Gasteiger partial charge in [-0.2, -0.15) is 0 Å². The summed E-state index contributed by atoms with van der Waals surface area (Å²) in [7, 11) is 3.57. The first-order valence-corrected chi connectivity index (χ1v) is 13.5. The molecule has 0 unspecified atom stereocenters. The Kier molecular flexibility index (Phi) is 9.34. The highest BCUT2D eigenvalue weighted by Crippen LogP contribution is 2.34. The fourth-order valence-corrected chi connectivity index (χ4v) is 6.15. The van der Waals surface area contributed by atoms with E-state index in [0.29, 0.717) is 18.8 Å². The van der Waals surface area contributed by atoms with Gasteiger partial charge in [0, 0.05) is 41.4 Å². The van der Waals surface area contributed by atoms with Crippen LogP contribution >= 0.6 is 11.8 Å². The predicted molar refractivity (Wildman–Crippen MR) is 142 cm³/mol. The number of halogens is 2. The van der Waals surface area contributed by atoms with E-state index in [2.05, 4.69) is 15.2 Å². The Labute approximate surface area is 220 Å². The first-order chi connectivity index (χ1) is 17.9. The molecule has 1 aliphatic rings. The number of hydrogen-bond donors (Lipinski definition) is 2. The number of fused-ring (bicyclic) bond motifs is 1. The minimum absolute atomic E-state index is 0.0580. The number of carboxylic acid groups (broad SMARTS) is 1. The number of aliphatic carboxylic acids is 1. The normalized spacial score (nSPS) is 19.1. The van der Waals surface area contributed by atoms with Crippen molar-refractivity contribution in [3.8, 4) is 5.75 Å². The van der Waals surface area contributed by atoms with Gasteiger partial charge < -0.3 is 20.1 Å². The summed E-state index contributed by atoms with van der Waals surface area (Å²) < 4.78 is 32.7. The number of carbonyl (C=O) groups is 1. The standard InChI is InChI=1S/C28H33F2N3O3S/c1-31-25(21-9-11-32-26-8-5-20(36-2)16-22(21)26)7-3-18-10-12-33(17-23(18)28(34)35)13-14-37-27-15-19(29)4-6-24(27)30/h4-6,8-9,11,15-16,18,23,25,31H,3,7,10,12-14,17H2,1-2H3,(H,34,35)/t18-,23+,25-/m1/s1. The van der Waals surface area contributed by atoms with Crippen LogP contribution in [0.5, 0.6) is 5.75 Å². The van der Waals surface area contributed by atoms with E-state index >= 15 is 0 Å². The highest BCUT2D eigenvalue weighted by atomic mass is 32.2. The minimum Gasteiger partial charge on any atom is -0.497 e. The lowest BCUT2D eigenvalue weighted by molar-refractivity contribution is -0.146. The van der Waals surface area contributed by atoms with Gasteiger partial charge in [0.2, 0.25) is 0 Å². The van der Waals surface area contributed by atoms with Gasteiger partial charge in [0.25, 0.3) is 0 Å². The van der Waals surface area contributed by atoms with Crippen molar-refractivity contribution < 1.29 is 23.4 Å². The van der Waals surface area contributed by atoms with Crippen LogP contribution in [0.1, 0.15) is 30.9 Å². The summed E-state index contributed by atoms with van der Waals surface area (Å²) in [5.74, 6) is -0.732. The third-order valence-corrected chi connectivity index (χ3v) is 8.26. The molecule has 198 valence electrons. The number of piperidine rings is 1.